The van der Waals surface area contributed by atoms with Gasteiger partial charge in [0, 0.05) is 26.2 Å². The maximum Gasteiger partial charge on any atom is 0.338 e. The molecule has 166 valence electrons. The Balaban J connectivity index is 1.51. The number of benzene rings is 1. The Morgan fingerprint density at radius 3 is 2.74 bits per heavy atom. The van der Waals surface area contributed by atoms with Crippen molar-refractivity contribution in [3.8, 4) is 0 Å². The van der Waals surface area contributed by atoms with E-state index in [-0.39, 0.29) is 23.3 Å². The Labute approximate surface area is 183 Å². The summed E-state index contributed by atoms with van der Waals surface area (Å²) in [5.74, 6) is -0.342. The van der Waals surface area contributed by atoms with E-state index in [9.17, 15) is 9.59 Å². The van der Waals surface area contributed by atoms with Crippen LogP contribution in [0.15, 0.2) is 30.3 Å². The van der Waals surface area contributed by atoms with Crippen molar-refractivity contribution in [2.45, 2.75) is 52.0 Å². The van der Waals surface area contributed by atoms with E-state index in [1.165, 1.54) is 0 Å². The number of esters is 1. The zero-order valence-electron chi connectivity index (χ0n) is 18.4. The van der Waals surface area contributed by atoms with Crippen molar-refractivity contribution in [3.63, 3.8) is 0 Å². The Bertz CT molecular complexity index is 932. The van der Waals surface area contributed by atoms with E-state index < -0.39 is 0 Å². The molecule has 31 heavy (non-hydrogen) atoms. The van der Waals surface area contributed by atoms with Crippen LogP contribution in [0.1, 0.15) is 71.3 Å². The number of fused-ring (bicyclic) bond motifs is 1. The lowest BCUT2D eigenvalue weighted by atomic mass is 9.76. The molecule has 7 nitrogen and oxygen atoms in total. The second kappa shape index (κ2) is 9.22. The summed E-state index contributed by atoms with van der Waals surface area (Å²) in [4.78, 5) is 25.2. The van der Waals surface area contributed by atoms with Crippen molar-refractivity contribution >= 4 is 11.9 Å². The molecule has 0 saturated carbocycles. The molecule has 1 spiro atoms. The molecule has 0 aliphatic carbocycles. The van der Waals surface area contributed by atoms with E-state index in [0.717, 1.165) is 49.4 Å². The largest absolute Gasteiger partial charge is 0.462 e. The maximum atomic E-state index is 12.9. The Morgan fingerprint density at radius 1 is 1.29 bits per heavy atom. The Hall–Kier alpha value is -2.67. The smallest absolute Gasteiger partial charge is 0.338 e. The molecule has 1 N–H and O–H groups in total. The fourth-order valence-corrected chi connectivity index (χ4v) is 4.60. The molecular formula is C24H31N3O4. The molecule has 7 heteroatoms. The molecule has 2 aromatic rings. The SMILES string of the molecule is CCc1nn(C(C)CCOC(=O)c2ccccc2)c2c1C(=O)NCC1(CCOCC1)C2. The molecule has 0 bridgehead atoms. The number of nitrogens with one attached hydrogen (secondary N) is 1. The summed E-state index contributed by atoms with van der Waals surface area (Å²) in [6.45, 7) is 6.53. The number of hydrogen-bond acceptors (Lipinski definition) is 5. The number of carbonyl (C=O) groups excluding carboxylic acids is 2. The van der Waals surface area contributed by atoms with Gasteiger partial charge in [-0.15, -0.1) is 0 Å². The summed E-state index contributed by atoms with van der Waals surface area (Å²) < 4.78 is 13.1. The van der Waals surface area contributed by atoms with Crippen LogP contribution in [-0.2, 0) is 22.3 Å². The van der Waals surface area contributed by atoms with Crippen molar-refractivity contribution in [3.05, 3.63) is 52.8 Å². The molecule has 1 fully saturated rings. The molecule has 1 aromatic heterocycles. The first-order valence-electron chi connectivity index (χ1n) is 11.2. The minimum atomic E-state index is -0.318. The van der Waals surface area contributed by atoms with Crippen LogP contribution in [0.2, 0.25) is 0 Å². The van der Waals surface area contributed by atoms with Gasteiger partial charge in [0.25, 0.3) is 5.91 Å². The molecule has 3 heterocycles. The highest BCUT2D eigenvalue weighted by Crippen LogP contribution is 2.38. The van der Waals surface area contributed by atoms with Gasteiger partial charge in [0.15, 0.2) is 0 Å². The predicted molar refractivity (Wildman–Crippen MR) is 116 cm³/mol. The van der Waals surface area contributed by atoms with Crippen LogP contribution in [0.5, 0.6) is 0 Å². The number of aromatic nitrogens is 2. The lowest BCUT2D eigenvalue weighted by Crippen LogP contribution is -2.41. The van der Waals surface area contributed by atoms with Crippen LogP contribution >= 0.6 is 0 Å². The van der Waals surface area contributed by atoms with Gasteiger partial charge < -0.3 is 14.8 Å². The predicted octanol–water partition coefficient (Wildman–Crippen LogP) is 3.34. The maximum absolute atomic E-state index is 12.9. The van der Waals surface area contributed by atoms with Gasteiger partial charge >= 0.3 is 5.97 Å². The molecule has 1 atom stereocenters. The summed E-state index contributed by atoms with van der Waals surface area (Å²) in [5.41, 5.74) is 3.15. The molecule has 1 unspecified atom stereocenters. The monoisotopic (exact) mass is 425 g/mol. The third kappa shape index (κ3) is 4.51. The summed E-state index contributed by atoms with van der Waals surface area (Å²) in [7, 11) is 0. The second-order valence-electron chi connectivity index (χ2n) is 8.68. The number of amides is 1. The molecular weight excluding hydrogens is 394 g/mol. The van der Waals surface area contributed by atoms with Gasteiger partial charge in [-0.25, -0.2) is 4.79 Å². The molecule has 1 saturated heterocycles. The van der Waals surface area contributed by atoms with Crippen LogP contribution in [-0.4, -0.2) is 48.0 Å². The second-order valence-corrected chi connectivity index (χ2v) is 8.68. The quantitative estimate of drug-likeness (QED) is 0.718. The van der Waals surface area contributed by atoms with Crippen LogP contribution in [0, 0.1) is 5.41 Å². The van der Waals surface area contributed by atoms with E-state index in [2.05, 4.69) is 12.2 Å². The zero-order valence-corrected chi connectivity index (χ0v) is 18.4. The summed E-state index contributed by atoms with van der Waals surface area (Å²) in [5, 5.41) is 7.97. The van der Waals surface area contributed by atoms with E-state index in [1.54, 1.807) is 12.1 Å². The van der Waals surface area contributed by atoms with Crippen molar-refractivity contribution in [1.29, 1.82) is 0 Å². The Kier molecular flexibility index (Phi) is 6.41. The van der Waals surface area contributed by atoms with Crippen LogP contribution < -0.4 is 5.32 Å². The standard InChI is InChI=1S/C24H31N3O4/c1-3-19-21-20(15-24(16-25-22(21)28)10-13-30-14-11-24)27(26-19)17(2)9-12-31-23(29)18-7-5-4-6-8-18/h4-8,17H,3,9-16H2,1-2H3,(H,25,28). The van der Waals surface area contributed by atoms with Gasteiger partial charge in [0.2, 0.25) is 0 Å². The lowest BCUT2D eigenvalue weighted by Gasteiger charge is -2.36. The highest BCUT2D eigenvalue weighted by atomic mass is 16.5. The fourth-order valence-electron chi connectivity index (χ4n) is 4.60. The van der Waals surface area contributed by atoms with E-state index >= 15 is 0 Å². The number of ether oxygens (including phenoxy) is 2. The van der Waals surface area contributed by atoms with Crippen LogP contribution in [0.25, 0.3) is 0 Å². The average molecular weight is 426 g/mol. The molecule has 0 radical (unpaired) electrons. The highest BCUT2D eigenvalue weighted by Gasteiger charge is 2.40. The lowest BCUT2D eigenvalue weighted by molar-refractivity contribution is 0.0150. The van der Waals surface area contributed by atoms with Gasteiger partial charge in [-0.05, 0) is 50.2 Å². The number of aryl methyl sites for hydroxylation is 1. The van der Waals surface area contributed by atoms with Crippen molar-refractivity contribution in [2.24, 2.45) is 5.41 Å². The summed E-state index contributed by atoms with van der Waals surface area (Å²) in [6, 6.07) is 9.02. The van der Waals surface area contributed by atoms with Crippen LogP contribution in [0.3, 0.4) is 0 Å². The number of rotatable bonds is 6. The molecule has 1 aromatic carbocycles. The number of nitrogens with zero attached hydrogens (tertiary/aromatic N) is 2. The average Bonchev–Trinajstić information content (AvgIpc) is 3.10. The third-order valence-electron chi connectivity index (χ3n) is 6.56. The van der Waals surface area contributed by atoms with Gasteiger partial charge in [0.05, 0.1) is 35.2 Å². The first kappa shape index (κ1) is 21.6. The summed E-state index contributed by atoms with van der Waals surface area (Å²) >= 11 is 0. The first-order valence-corrected chi connectivity index (χ1v) is 11.2. The van der Waals surface area contributed by atoms with Crippen molar-refractivity contribution in [2.75, 3.05) is 26.4 Å². The normalized spacial score (nSPS) is 18.7. The van der Waals surface area contributed by atoms with E-state index in [0.29, 0.717) is 31.6 Å². The van der Waals surface area contributed by atoms with E-state index in [1.807, 2.05) is 29.8 Å². The minimum absolute atomic E-state index is 0.0143. The minimum Gasteiger partial charge on any atom is -0.462 e. The van der Waals surface area contributed by atoms with Gasteiger partial charge in [-0.3, -0.25) is 9.48 Å². The third-order valence-corrected chi connectivity index (χ3v) is 6.56. The number of carbonyl (C=O) groups is 2. The molecule has 2 aliphatic heterocycles. The zero-order chi connectivity index (χ0) is 21.8. The first-order chi connectivity index (χ1) is 15.0. The molecule has 1 amide bonds. The molecule has 2 aliphatic rings. The highest BCUT2D eigenvalue weighted by molar-refractivity contribution is 5.97. The topological polar surface area (TPSA) is 82.5 Å². The number of hydrogen-bond donors (Lipinski definition) is 1. The van der Waals surface area contributed by atoms with Gasteiger partial charge in [-0.2, -0.15) is 5.10 Å². The van der Waals surface area contributed by atoms with Gasteiger partial charge in [-0.1, -0.05) is 25.1 Å². The van der Waals surface area contributed by atoms with Gasteiger partial charge in [0.1, 0.15) is 0 Å². The van der Waals surface area contributed by atoms with Crippen molar-refractivity contribution < 1.29 is 19.1 Å². The van der Waals surface area contributed by atoms with Crippen molar-refractivity contribution in [1.82, 2.24) is 15.1 Å². The Morgan fingerprint density at radius 2 is 2.03 bits per heavy atom. The van der Waals surface area contributed by atoms with Crippen LogP contribution in [0.4, 0.5) is 0 Å². The van der Waals surface area contributed by atoms with E-state index in [4.69, 9.17) is 14.6 Å². The summed E-state index contributed by atoms with van der Waals surface area (Å²) in [6.07, 6.45) is 4.01. The molecule has 4 rings (SSSR count). The fraction of sp³-hybridized carbons (Fsp3) is 0.542.